The molecule has 3 rings (SSSR count). The number of amides is 1. The van der Waals surface area contributed by atoms with E-state index in [9.17, 15) is 18.0 Å². The second-order valence-corrected chi connectivity index (χ2v) is 7.45. The molecule has 0 spiro atoms. The van der Waals surface area contributed by atoms with Crippen LogP contribution < -0.4 is 9.62 Å². The van der Waals surface area contributed by atoms with Gasteiger partial charge in [0.15, 0.2) is 0 Å². The van der Waals surface area contributed by atoms with Crippen LogP contribution in [0.15, 0.2) is 47.4 Å². The molecule has 0 saturated carbocycles. The highest BCUT2D eigenvalue weighted by Crippen LogP contribution is 2.35. The maximum Gasteiger partial charge on any atom is 0.337 e. The number of carbonyl (C=O) groups excluding carboxylic acids is 2. The van der Waals surface area contributed by atoms with Gasteiger partial charge < -0.3 is 10.1 Å². The first-order valence-corrected chi connectivity index (χ1v) is 8.96. The number of sulfonamides is 1. The van der Waals surface area contributed by atoms with Crippen LogP contribution in [-0.4, -0.2) is 33.9 Å². The molecule has 0 aliphatic carbocycles. The molecule has 1 amide bonds. The molecule has 1 aliphatic heterocycles. The fourth-order valence-electron chi connectivity index (χ4n) is 2.48. The summed E-state index contributed by atoms with van der Waals surface area (Å²) in [5.41, 5.74) is 0.740. The van der Waals surface area contributed by atoms with Gasteiger partial charge in [0.1, 0.15) is 11.4 Å². The van der Waals surface area contributed by atoms with E-state index in [1.54, 1.807) is 24.3 Å². The van der Waals surface area contributed by atoms with Crippen LogP contribution >= 0.6 is 11.6 Å². The predicted octanol–water partition coefficient (Wildman–Crippen LogP) is 2.27. The van der Waals surface area contributed by atoms with Gasteiger partial charge in [0.25, 0.3) is 10.0 Å². The Bertz CT molecular complexity index is 974. The number of nitrogens with one attached hydrogen (secondary N) is 1. The number of methoxy groups -OCH3 is 1. The van der Waals surface area contributed by atoms with E-state index in [1.807, 2.05) is 0 Å². The van der Waals surface area contributed by atoms with Crippen molar-refractivity contribution in [1.82, 2.24) is 0 Å². The summed E-state index contributed by atoms with van der Waals surface area (Å²) in [5, 5.41) is 2.56. The number of hydrogen-bond acceptors (Lipinski definition) is 5. The molecule has 0 radical (unpaired) electrons. The average Bonchev–Trinajstić information content (AvgIpc) is 2.60. The lowest BCUT2D eigenvalue weighted by Gasteiger charge is -2.30. The average molecular weight is 381 g/mol. The highest BCUT2D eigenvalue weighted by Gasteiger charge is 2.34. The van der Waals surface area contributed by atoms with E-state index >= 15 is 0 Å². The van der Waals surface area contributed by atoms with E-state index in [0.717, 1.165) is 10.4 Å². The van der Waals surface area contributed by atoms with Gasteiger partial charge in [-0.2, -0.15) is 0 Å². The molecule has 2 aromatic carbocycles. The highest BCUT2D eigenvalue weighted by atomic mass is 35.5. The number of benzene rings is 2. The number of para-hydroxylation sites is 2. The number of carbonyl (C=O) groups is 2. The zero-order valence-corrected chi connectivity index (χ0v) is 14.6. The molecule has 0 aromatic heterocycles. The first kappa shape index (κ1) is 17.2. The first-order valence-electron chi connectivity index (χ1n) is 7.14. The third kappa shape index (κ3) is 3.06. The SMILES string of the molecule is COC(=O)c1ccc(Cl)c(S(=O)(=O)N2CC(=O)Nc3ccccc32)c1. The third-order valence-electron chi connectivity index (χ3n) is 3.65. The summed E-state index contributed by atoms with van der Waals surface area (Å²) in [6, 6.07) is 10.3. The van der Waals surface area contributed by atoms with Gasteiger partial charge in [-0.1, -0.05) is 23.7 Å². The molecule has 1 heterocycles. The number of nitrogens with zero attached hydrogens (tertiary/aromatic N) is 1. The summed E-state index contributed by atoms with van der Waals surface area (Å²) in [6.45, 7) is -0.391. The van der Waals surface area contributed by atoms with Gasteiger partial charge in [-0.15, -0.1) is 0 Å². The quantitative estimate of drug-likeness (QED) is 0.824. The maximum atomic E-state index is 13.1. The van der Waals surface area contributed by atoms with Gasteiger partial charge in [0, 0.05) is 0 Å². The number of anilines is 2. The molecular formula is C16H13ClN2O5S. The van der Waals surface area contributed by atoms with Gasteiger partial charge in [-0.05, 0) is 30.3 Å². The van der Waals surface area contributed by atoms with Crippen LogP contribution in [0, 0.1) is 0 Å². The topological polar surface area (TPSA) is 92.8 Å². The van der Waals surface area contributed by atoms with Crippen molar-refractivity contribution in [2.24, 2.45) is 0 Å². The monoisotopic (exact) mass is 380 g/mol. The molecule has 0 unspecified atom stereocenters. The standard InChI is InChI=1S/C16H13ClN2O5S/c1-24-16(21)10-6-7-11(17)14(8-10)25(22,23)19-9-15(20)18-12-4-2-3-5-13(12)19/h2-8H,9H2,1H3,(H,18,20). The Morgan fingerprint density at radius 1 is 1.24 bits per heavy atom. The van der Waals surface area contributed by atoms with Crippen molar-refractivity contribution in [1.29, 1.82) is 0 Å². The Kier molecular flexibility index (Phi) is 4.40. The smallest absolute Gasteiger partial charge is 0.337 e. The van der Waals surface area contributed by atoms with Crippen molar-refractivity contribution < 1.29 is 22.7 Å². The Balaban J connectivity index is 2.15. The van der Waals surface area contributed by atoms with Crippen LogP contribution in [0.3, 0.4) is 0 Å². The molecule has 0 atom stereocenters. The van der Waals surface area contributed by atoms with Crippen LogP contribution in [-0.2, 0) is 19.6 Å². The molecule has 0 fully saturated rings. The second kappa shape index (κ2) is 6.38. The molecule has 1 aliphatic rings. The number of rotatable bonds is 3. The highest BCUT2D eigenvalue weighted by molar-refractivity contribution is 7.93. The summed E-state index contributed by atoms with van der Waals surface area (Å²) in [4.78, 5) is 23.3. The minimum Gasteiger partial charge on any atom is -0.465 e. The van der Waals surface area contributed by atoms with Gasteiger partial charge in [0.2, 0.25) is 5.91 Å². The molecule has 7 nitrogen and oxygen atoms in total. The predicted molar refractivity (Wildman–Crippen MR) is 92.4 cm³/mol. The molecule has 130 valence electrons. The molecule has 0 saturated heterocycles. The Morgan fingerprint density at radius 2 is 1.96 bits per heavy atom. The van der Waals surface area contributed by atoms with E-state index in [4.69, 9.17) is 11.6 Å². The van der Waals surface area contributed by atoms with Gasteiger partial charge >= 0.3 is 5.97 Å². The van der Waals surface area contributed by atoms with Gasteiger partial charge in [-0.3, -0.25) is 9.10 Å². The molecule has 0 bridgehead atoms. The molecule has 25 heavy (non-hydrogen) atoms. The minimum absolute atomic E-state index is 0.0419. The summed E-state index contributed by atoms with van der Waals surface area (Å²) >= 11 is 6.05. The summed E-state index contributed by atoms with van der Waals surface area (Å²) in [6.07, 6.45) is 0. The molecule has 2 aromatic rings. The van der Waals surface area contributed by atoms with Gasteiger partial charge in [-0.25, -0.2) is 13.2 Å². The lowest BCUT2D eigenvalue weighted by Crippen LogP contribution is -2.42. The summed E-state index contributed by atoms with van der Waals surface area (Å²) < 4.78 is 31.7. The number of esters is 1. The van der Waals surface area contributed by atoms with E-state index < -0.39 is 28.4 Å². The maximum absolute atomic E-state index is 13.1. The van der Waals surface area contributed by atoms with Gasteiger partial charge in [0.05, 0.1) is 29.1 Å². The fraction of sp³-hybridized carbons (Fsp3) is 0.125. The van der Waals surface area contributed by atoms with E-state index in [0.29, 0.717) is 11.4 Å². The lowest BCUT2D eigenvalue weighted by atomic mass is 10.2. The number of halogens is 1. The van der Waals surface area contributed by atoms with E-state index in [-0.39, 0.29) is 15.5 Å². The Morgan fingerprint density at radius 3 is 2.68 bits per heavy atom. The van der Waals surface area contributed by atoms with Crippen molar-refractivity contribution in [3.63, 3.8) is 0 Å². The molecule has 9 heteroatoms. The van der Waals surface area contributed by atoms with E-state index in [2.05, 4.69) is 10.1 Å². The second-order valence-electron chi connectivity index (χ2n) is 5.21. The van der Waals surface area contributed by atoms with Crippen molar-refractivity contribution in [3.8, 4) is 0 Å². The normalized spacial score (nSPS) is 13.8. The number of ether oxygens (including phenoxy) is 1. The third-order valence-corrected chi connectivity index (χ3v) is 5.90. The summed E-state index contributed by atoms with van der Waals surface area (Å²) in [5.74, 6) is -1.16. The van der Waals surface area contributed by atoms with Crippen LogP contribution in [0.1, 0.15) is 10.4 Å². The molecule has 1 N–H and O–H groups in total. The first-order chi connectivity index (χ1) is 11.8. The zero-order valence-electron chi connectivity index (χ0n) is 13.0. The van der Waals surface area contributed by atoms with Crippen LogP contribution in [0.4, 0.5) is 11.4 Å². The molecular weight excluding hydrogens is 368 g/mol. The van der Waals surface area contributed by atoms with Crippen LogP contribution in [0.25, 0.3) is 0 Å². The van der Waals surface area contributed by atoms with Crippen LogP contribution in [0.5, 0.6) is 0 Å². The Hall–Kier alpha value is -2.58. The van der Waals surface area contributed by atoms with Crippen LogP contribution in [0.2, 0.25) is 5.02 Å². The van der Waals surface area contributed by atoms with Crippen molar-refractivity contribution in [2.45, 2.75) is 4.90 Å². The lowest BCUT2D eigenvalue weighted by molar-refractivity contribution is -0.115. The largest absolute Gasteiger partial charge is 0.465 e. The Labute approximate surface area is 149 Å². The van der Waals surface area contributed by atoms with Crippen molar-refractivity contribution in [3.05, 3.63) is 53.1 Å². The zero-order chi connectivity index (χ0) is 18.2. The van der Waals surface area contributed by atoms with Crippen molar-refractivity contribution in [2.75, 3.05) is 23.3 Å². The fourth-order valence-corrected chi connectivity index (χ4v) is 4.42. The number of fused-ring (bicyclic) bond motifs is 1. The van der Waals surface area contributed by atoms with Crippen molar-refractivity contribution >= 4 is 44.9 Å². The number of hydrogen-bond donors (Lipinski definition) is 1. The summed E-state index contributed by atoms with van der Waals surface area (Å²) in [7, 11) is -2.98. The minimum atomic E-state index is -4.17. The van der Waals surface area contributed by atoms with E-state index in [1.165, 1.54) is 19.2 Å².